The fraction of sp³-hybridized carbons (Fsp3) is 0.478. The molecule has 0 unspecified atom stereocenters. The first-order chi connectivity index (χ1) is 13.9. The molecule has 2 aromatic rings. The van der Waals surface area contributed by atoms with Crippen LogP contribution in [0.4, 0.5) is 10.1 Å². The third-order valence-corrected chi connectivity index (χ3v) is 7.52. The summed E-state index contributed by atoms with van der Waals surface area (Å²) >= 11 is 0. The second kappa shape index (κ2) is 8.65. The third kappa shape index (κ3) is 5.59. The van der Waals surface area contributed by atoms with Crippen molar-refractivity contribution < 1.29 is 17.9 Å². The standard InChI is InChI=1S/C23H31FN2O3S/c1-23(2,3)18-6-4-5-16(10-18)12-26-21-14-30(28,29)13-17(22(21)27)9-15-7-8-20(25)19(24)11-15/h4-8,10-11,17,21-22,26-27H,9,12-14,25H2,1-3H3/t17-,21+,22+/m1/s1. The van der Waals surface area contributed by atoms with E-state index in [4.69, 9.17) is 5.73 Å². The van der Waals surface area contributed by atoms with Crippen LogP contribution in [0.5, 0.6) is 0 Å². The summed E-state index contributed by atoms with van der Waals surface area (Å²) in [4.78, 5) is 0. The van der Waals surface area contributed by atoms with E-state index in [2.05, 4.69) is 38.2 Å². The number of hydrogen-bond acceptors (Lipinski definition) is 5. The van der Waals surface area contributed by atoms with E-state index in [0.717, 1.165) is 5.56 Å². The number of nitrogens with one attached hydrogen (secondary N) is 1. The predicted octanol–water partition coefficient (Wildman–Crippen LogP) is 2.81. The molecule has 3 atom stereocenters. The average molecular weight is 435 g/mol. The number of nitrogens with two attached hydrogens (primary N) is 1. The van der Waals surface area contributed by atoms with Crippen LogP contribution < -0.4 is 11.1 Å². The first kappa shape index (κ1) is 22.7. The zero-order valence-corrected chi connectivity index (χ0v) is 18.5. The molecule has 0 saturated carbocycles. The highest BCUT2D eigenvalue weighted by molar-refractivity contribution is 7.91. The molecule has 0 radical (unpaired) electrons. The molecule has 7 heteroatoms. The molecule has 0 aromatic heterocycles. The molecule has 1 saturated heterocycles. The Kier molecular flexibility index (Phi) is 6.55. The number of aliphatic hydroxyl groups is 1. The summed E-state index contributed by atoms with van der Waals surface area (Å²) in [6.45, 7) is 6.88. The molecule has 1 fully saturated rings. The molecule has 3 rings (SSSR count). The van der Waals surface area contributed by atoms with Crippen molar-refractivity contribution in [3.63, 3.8) is 0 Å². The average Bonchev–Trinajstić information content (AvgIpc) is 2.65. The molecular weight excluding hydrogens is 403 g/mol. The number of halogens is 1. The van der Waals surface area contributed by atoms with Crippen LogP contribution in [0.15, 0.2) is 42.5 Å². The van der Waals surface area contributed by atoms with Crippen molar-refractivity contribution in [2.45, 2.75) is 51.3 Å². The number of nitrogen functional groups attached to an aromatic ring is 1. The van der Waals surface area contributed by atoms with Gasteiger partial charge in [-0.25, -0.2) is 12.8 Å². The number of benzene rings is 2. The fourth-order valence-corrected chi connectivity index (χ4v) is 5.92. The lowest BCUT2D eigenvalue weighted by atomic mass is 9.86. The molecule has 1 heterocycles. The highest BCUT2D eigenvalue weighted by Gasteiger charge is 2.39. The topological polar surface area (TPSA) is 92.4 Å². The van der Waals surface area contributed by atoms with Crippen molar-refractivity contribution in [3.05, 3.63) is 65.0 Å². The molecule has 164 valence electrons. The fourth-order valence-electron chi connectivity index (χ4n) is 3.95. The number of sulfone groups is 1. The van der Waals surface area contributed by atoms with Crippen molar-refractivity contribution in [3.8, 4) is 0 Å². The quantitative estimate of drug-likeness (QED) is 0.630. The van der Waals surface area contributed by atoms with E-state index < -0.39 is 33.7 Å². The number of hydrogen-bond donors (Lipinski definition) is 3. The van der Waals surface area contributed by atoms with Gasteiger partial charge in [-0.2, -0.15) is 0 Å². The van der Waals surface area contributed by atoms with Gasteiger partial charge in [-0.15, -0.1) is 0 Å². The highest BCUT2D eigenvalue weighted by atomic mass is 32.2. The monoisotopic (exact) mass is 434 g/mol. The van der Waals surface area contributed by atoms with E-state index in [1.54, 1.807) is 6.07 Å². The Morgan fingerprint density at radius 1 is 1.13 bits per heavy atom. The van der Waals surface area contributed by atoms with Gasteiger partial charge in [-0.05, 0) is 40.7 Å². The zero-order chi connectivity index (χ0) is 22.1. The Morgan fingerprint density at radius 2 is 1.87 bits per heavy atom. The number of aliphatic hydroxyl groups excluding tert-OH is 1. The molecule has 30 heavy (non-hydrogen) atoms. The minimum absolute atomic E-state index is 0.0170. The molecule has 1 aliphatic heterocycles. The van der Waals surface area contributed by atoms with E-state index in [1.807, 2.05) is 12.1 Å². The second-order valence-electron chi connectivity index (χ2n) is 9.33. The molecule has 4 N–H and O–H groups in total. The van der Waals surface area contributed by atoms with Crippen LogP contribution in [0.3, 0.4) is 0 Å². The van der Waals surface area contributed by atoms with Crippen LogP contribution in [0.1, 0.15) is 37.5 Å². The second-order valence-corrected chi connectivity index (χ2v) is 11.5. The zero-order valence-electron chi connectivity index (χ0n) is 17.7. The van der Waals surface area contributed by atoms with E-state index in [1.165, 1.54) is 17.7 Å². The highest BCUT2D eigenvalue weighted by Crippen LogP contribution is 2.26. The van der Waals surface area contributed by atoms with Crippen molar-refractivity contribution in [1.82, 2.24) is 5.32 Å². The van der Waals surface area contributed by atoms with E-state index >= 15 is 0 Å². The van der Waals surface area contributed by atoms with Gasteiger partial charge >= 0.3 is 0 Å². The van der Waals surface area contributed by atoms with Gasteiger partial charge in [-0.3, -0.25) is 0 Å². The maximum absolute atomic E-state index is 13.8. The van der Waals surface area contributed by atoms with Crippen LogP contribution in [0.2, 0.25) is 0 Å². The molecule has 5 nitrogen and oxygen atoms in total. The first-order valence-electron chi connectivity index (χ1n) is 10.2. The molecule has 0 amide bonds. The molecular formula is C23H31FN2O3S. The van der Waals surface area contributed by atoms with Gasteiger partial charge in [0.15, 0.2) is 9.84 Å². The van der Waals surface area contributed by atoms with Gasteiger partial charge in [0.1, 0.15) is 5.82 Å². The van der Waals surface area contributed by atoms with Crippen molar-refractivity contribution >= 4 is 15.5 Å². The van der Waals surface area contributed by atoms with Gasteiger partial charge in [0.05, 0.1) is 23.3 Å². The molecule has 0 bridgehead atoms. The van der Waals surface area contributed by atoms with Gasteiger partial charge < -0.3 is 16.2 Å². The summed E-state index contributed by atoms with van der Waals surface area (Å²) in [5, 5.41) is 14.1. The predicted molar refractivity (Wildman–Crippen MR) is 118 cm³/mol. The van der Waals surface area contributed by atoms with Gasteiger partial charge in [-0.1, -0.05) is 51.1 Å². The number of anilines is 1. The maximum atomic E-state index is 13.8. The van der Waals surface area contributed by atoms with Crippen LogP contribution in [-0.2, 0) is 28.2 Å². The number of rotatable bonds is 5. The first-order valence-corrected chi connectivity index (χ1v) is 12.0. The SMILES string of the molecule is CC(C)(C)c1cccc(CN[C@H]2CS(=O)(=O)C[C@@H](Cc3ccc(N)c(F)c3)[C@@H]2O)c1. The Labute approximate surface area is 178 Å². The Balaban J connectivity index is 1.72. The molecule has 2 aromatic carbocycles. The molecule has 0 spiro atoms. The third-order valence-electron chi connectivity index (χ3n) is 5.72. The minimum atomic E-state index is -3.33. The molecule has 1 aliphatic rings. The van der Waals surface area contributed by atoms with E-state index in [0.29, 0.717) is 12.1 Å². The summed E-state index contributed by atoms with van der Waals surface area (Å²) in [7, 11) is -3.33. The van der Waals surface area contributed by atoms with Gasteiger partial charge in [0.25, 0.3) is 0 Å². The Bertz CT molecular complexity index is 1000. The smallest absolute Gasteiger partial charge is 0.152 e. The summed E-state index contributed by atoms with van der Waals surface area (Å²) in [6, 6.07) is 12.0. The van der Waals surface area contributed by atoms with Crippen LogP contribution in [0, 0.1) is 11.7 Å². The summed E-state index contributed by atoms with van der Waals surface area (Å²) in [5.74, 6) is -1.27. The van der Waals surface area contributed by atoms with Crippen LogP contribution in [-0.4, -0.2) is 37.2 Å². The Morgan fingerprint density at radius 3 is 2.53 bits per heavy atom. The van der Waals surface area contributed by atoms with Gasteiger partial charge in [0, 0.05) is 18.5 Å². The lowest BCUT2D eigenvalue weighted by Gasteiger charge is -2.35. The Hall–Kier alpha value is -1.96. The van der Waals surface area contributed by atoms with Crippen molar-refractivity contribution in [2.75, 3.05) is 17.2 Å². The normalized spacial score (nSPS) is 24.0. The summed E-state index contributed by atoms with van der Waals surface area (Å²) in [6.07, 6.45) is -0.574. The van der Waals surface area contributed by atoms with Crippen molar-refractivity contribution in [1.29, 1.82) is 0 Å². The largest absolute Gasteiger partial charge is 0.396 e. The van der Waals surface area contributed by atoms with Crippen molar-refractivity contribution in [2.24, 2.45) is 5.92 Å². The molecule has 0 aliphatic carbocycles. The summed E-state index contributed by atoms with van der Waals surface area (Å²) in [5.41, 5.74) is 8.44. The van der Waals surface area contributed by atoms with E-state index in [9.17, 15) is 17.9 Å². The van der Waals surface area contributed by atoms with Crippen LogP contribution >= 0.6 is 0 Å². The lowest BCUT2D eigenvalue weighted by Crippen LogP contribution is -2.54. The lowest BCUT2D eigenvalue weighted by molar-refractivity contribution is 0.0781. The summed E-state index contributed by atoms with van der Waals surface area (Å²) < 4.78 is 38.7. The minimum Gasteiger partial charge on any atom is -0.396 e. The van der Waals surface area contributed by atoms with Crippen LogP contribution in [0.25, 0.3) is 0 Å². The maximum Gasteiger partial charge on any atom is 0.152 e. The van der Waals surface area contributed by atoms with E-state index in [-0.39, 0.29) is 29.0 Å². The van der Waals surface area contributed by atoms with Gasteiger partial charge in [0.2, 0.25) is 0 Å².